The largest absolute Gasteiger partial charge is 0.469 e. The number of carbonyl (C=O) groups is 2. The minimum atomic E-state index is -0.262. The first-order chi connectivity index (χ1) is 10.0. The molecule has 2 N–H and O–H groups in total. The minimum absolute atomic E-state index is 0.173. The topological polar surface area (TPSA) is 89.2 Å². The predicted octanol–water partition coefficient (Wildman–Crippen LogP) is 1.19. The molecule has 21 heavy (non-hydrogen) atoms. The number of carbonyl (C=O) groups excluding carboxylic acids is 2. The van der Waals surface area contributed by atoms with E-state index in [0.29, 0.717) is 17.9 Å². The summed E-state index contributed by atoms with van der Waals surface area (Å²) in [5, 5.41) is 9.32. The summed E-state index contributed by atoms with van der Waals surface area (Å²) in [7, 11) is 3.19. The third kappa shape index (κ3) is 3.50. The summed E-state index contributed by atoms with van der Waals surface area (Å²) in [6.07, 6.45) is 2.09. The van der Waals surface area contributed by atoms with E-state index in [0.717, 1.165) is 5.76 Å². The molecule has 112 valence electrons. The molecule has 0 aliphatic heterocycles. The molecule has 2 amide bonds. The number of hydrogen-bond donors (Lipinski definition) is 2. The average Bonchev–Trinajstić information content (AvgIpc) is 3.07. The van der Waals surface area contributed by atoms with Crippen molar-refractivity contribution in [2.45, 2.75) is 13.3 Å². The Hall–Kier alpha value is -2.57. The molecule has 2 aromatic rings. The highest BCUT2D eigenvalue weighted by Crippen LogP contribution is 2.13. The van der Waals surface area contributed by atoms with Crippen LogP contribution in [0.25, 0.3) is 0 Å². The van der Waals surface area contributed by atoms with Crippen LogP contribution in [-0.4, -0.2) is 28.6 Å². The van der Waals surface area contributed by atoms with Gasteiger partial charge in [-0.15, -0.1) is 0 Å². The van der Waals surface area contributed by atoms with Gasteiger partial charge < -0.3 is 15.1 Å². The Morgan fingerprint density at radius 2 is 2.24 bits per heavy atom. The van der Waals surface area contributed by atoms with Crippen LogP contribution in [0.3, 0.4) is 0 Å². The summed E-state index contributed by atoms with van der Waals surface area (Å²) in [5.41, 5.74) is 0.381. The second-order valence-corrected chi connectivity index (χ2v) is 4.79. The second-order valence-electron chi connectivity index (χ2n) is 4.79. The van der Waals surface area contributed by atoms with Crippen molar-refractivity contribution in [3.05, 3.63) is 35.9 Å². The molecular weight excluding hydrogens is 272 g/mol. The molecule has 0 saturated heterocycles. The van der Waals surface area contributed by atoms with E-state index in [1.54, 1.807) is 33.3 Å². The highest BCUT2D eigenvalue weighted by molar-refractivity contribution is 5.96. The fourth-order valence-electron chi connectivity index (χ4n) is 1.94. The zero-order valence-electron chi connectivity index (χ0n) is 12.2. The van der Waals surface area contributed by atoms with Crippen LogP contribution in [0.1, 0.15) is 23.2 Å². The zero-order chi connectivity index (χ0) is 15.4. The van der Waals surface area contributed by atoms with Gasteiger partial charge in [0.05, 0.1) is 6.26 Å². The fraction of sp³-hybridized carbons (Fsp3) is 0.357. The summed E-state index contributed by atoms with van der Waals surface area (Å²) < 4.78 is 6.64. The predicted molar refractivity (Wildman–Crippen MR) is 76.8 cm³/mol. The highest BCUT2D eigenvalue weighted by Gasteiger charge is 2.18. The van der Waals surface area contributed by atoms with Crippen molar-refractivity contribution in [2.75, 3.05) is 12.4 Å². The molecule has 0 aliphatic rings. The van der Waals surface area contributed by atoms with Gasteiger partial charge in [-0.05, 0) is 12.1 Å². The van der Waals surface area contributed by atoms with Gasteiger partial charge in [0, 0.05) is 32.5 Å². The summed E-state index contributed by atoms with van der Waals surface area (Å²) in [6.45, 7) is 1.81. The molecule has 0 aromatic carbocycles. The number of furan rings is 1. The summed E-state index contributed by atoms with van der Waals surface area (Å²) in [5.74, 6) is 0.417. The van der Waals surface area contributed by atoms with E-state index < -0.39 is 0 Å². The van der Waals surface area contributed by atoms with Crippen LogP contribution in [0.15, 0.2) is 28.9 Å². The van der Waals surface area contributed by atoms with E-state index in [4.69, 9.17) is 4.42 Å². The summed E-state index contributed by atoms with van der Waals surface area (Å²) >= 11 is 0. The molecule has 0 bridgehead atoms. The number of hydrogen-bond acceptors (Lipinski definition) is 4. The van der Waals surface area contributed by atoms with Crippen LogP contribution in [0, 0.1) is 5.92 Å². The maximum absolute atomic E-state index is 12.1. The van der Waals surface area contributed by atoms with Crippen LogP contribution >= 0.6 is 0 Å². The molecule has 0 spiro atoms. The van der Waals surface area contributed by atoms with Gasteiger partial charge in [0.25, 0.3) is 5.91 Å². The molecule has 0 radical (unpaired) electrons. The van der Waals surface area contributed by atoms with Gasteiger partial charge in [-0.3, -0.25) is 14.3 Å². The molecule has 7 nitrogen and oxygen atoms in total. The number of aryl methyl sites for hydroxylation is 1. The van der Waals surface area contributed by atoms with Crippen molar-refractivity contribution in [3.63, 3.8) is 0 Å². The lowest BCUT2D eigenvalue weighted by Crippen LogP contribution is -2.22. The number of nitrogens with one attached hydrogen (secondary N) is 2. The van der Waals surface area contributed by atoms with Gasteiger partial charge in [-0.25, -0.2) is 0 Å². The zero-order valence-corrected chi connectivity index (χ0v) is 12.2. The first-order valence-electron chi connectivity index (χ1n) is 6.60. The van der Waals surface area contributed by atoms with Gasteiger partial charge in [0.2, 0.25) is 5.91 Å². The van der Waals surface area contributed by atoms with Gasteiger partial charge in [0.15, 0.2) is 5.82 Å². The molecule has 0 fully saturated rings. The molecule has 7 heteroatoms. The van der Waals surface area contributed by atoms with E-state index >= 15 is 0 Å². The number of anilines is 1. The fourth-order valence-corrected chi connectivity index (χ4v) is 1.94. The molecule has 0 aliphatic carbocycles. The first-order valence-corrected chi connectivity index (χ1v) is 6.60. The third-order valence-electron chi connectivity index (χ3n) is 3.13. The Bertz CT molecular complexity index is 631. The Labute approximate surface area is 122 Å². The smallest absolute Gasteiger partial charge is 0.269 e. The van der Waals surface area contributed by atoms with Gasteiger partial charge in [-0.2, -0.15) is 5.10 Å². The summed E-state index contributed by atoms with van der Waals surface area (Å²) in [6, 6.07) is 5.15. The monoisotopic (exact) mass is 290 g/mol. The van der Waals surface area contributed by atoms with Crippen molar-refractivity contribution in [1.29, 1.82) is 0 Å². The van der Waals surface area contributed by atoms with E-state index in [2.05, 4.69) is 15.7 Å². The lowest BCUT2D eigenvalue weighted by atomic mass is 10.1. The minimum Gasteiger partial charge on any atom is -0.469 e. The summed E-state index contributed by atoms with van der Waals surface area (Å²) in [4.78, 5) is 23.7. The van der Waals surface area contributed by atoms with Crippen molar-refractivity contribution < 1.29 is 14.0 Å². The molecule has 2 rings (SSSR count). The average molecular weight is 290 g/mol. The highest BCUT2D eigenvalue weighted by atomic mass is 16.3. The van der Waals surface area contributed by atoms with E-state index in [1.807, 2.05) is 6.07 Å². The molecule has 1 unspecified atom stereocenters. The number of nitrogens with zero attached hydrogens (tertiary/aromatic N) is 2. The van der Waals surface area contributed by atoms with Crippen molar-refractivity contribution in [3.8, 4) is 0 Å². The number of rotatable bonds is 5. The van der Waals surface area contributed by atoms with Crippen molar-refractivity contribution >= 4 is 17.6 Å². The SMILES string of the molecule is CNC(=O)c1cc(NC(=O)C(C)Cc2ccco2)nn1C. The number of amides is 2. The quantitative estimate of drug-likeness (QED) is 0.865. The molecule has 1 atom stereocenters. The van der Waals surface area contributed by atoms with Crippen LogP contribution in [0.5, 0.6) is 0 Å². The van der Waals surface area contributed by atoms with Crippen LogP contribution in [-0.2, 0) is 18.3 Å². The second kappa shape index (κ2) is 6.25. The standard InChI is InChI=1S/C14H18N4O3/c1-9(7-10-5-4-6-21-10)13(19)16-12-8-11(14(20)15-2)18(3)17-12/h4-6,8-9H,7H2,1-3H3,(H,15,20)(H,16,17,19). The van der Waals surface area contributed by atoms with Crippen molar-refractivity contribution in [2.24, 2.45) is 13.0 Å². The molecule has 0 saturated carbocycles. The lowest BCUT2D eigenvalue weighted by molar-refractivity contribution is -0.119. The van der Waals surface area contributed by atoms with Gasteiger partial charge >= 0.3 is 0 Å². The Morgan fingerprint density at radius 3 is 2.86 bits per heavy atom. The normalized spacial score (nSPS) is 12.0. The Balaban J connectivity index is 2.00. The van der Waals surface area contributed by atoms with Crippen LogP contribution in [0.2, 0.25) is 0 Å². The van der Waals surface area contributed by atoms with E-state index in [9.17, 15) is 9.59 Å². The lowest BCUT2D eigenvalue weighted by Gasteiger charge is -2.08. The Kier molecular flexibility index (Phi) is 4.42. The number of aromatic nitrogens is 2. The van der Waals surface area contributed by atoms with E-state index in [-0.39, 0.29) is 17.7 Å². The maximum Gasteiger partial charge on any atom is 0.269 e. The van der Waals surface area contributed by atoms with Gasteiger partial charge in [0.1, 0.15) is 11.5 Å². The maximum atomic E-state index is 12.1. The molecule has 2 aromatic heterocycles. The van der Waals surface area contributed by atoms with Crippen molar-refractivity contribution in [1.82, 2.24) is 15.1 Å². The third-order valence-corrected chi connectivity index (χ3v) is 3.13. The van der Waals surface area contributed by atoms with E-state index in [1.165, 1.54) is 10.7 Å². The van der Waals surface area contributed by atoms with Crippen LogP contribution < -0.4 is 10.6 Å². The molecule has 2 heterocycles. The van der Waals surface area contributed by atoms with Crippen LogP contribution in [0.4, 0.5) is 5.82 Å². The first kappa shape index (κ1) is 14.8. The molecular formula is C14H18N4O3. The van der Waals surface area contributed by atoms with Gasteiger partial charge in [-0.1, -0.05) is 6.92 Å². The Morgan fingerprint density at radius 1 is 1.48 bits per heavy atom.